The van der Waals surface area contributed by atoms with Gasteiger partial charge in [-0.3, -0.25) is 4.90 Å². The highest BCUT2D eigenvalue weighted by Crippen LogP contribution is 2.54. The number of nitrogens with zero attached hydrogens (tertiary/aromatic N) is 3. The van der Waals surface area contributed by atoms with Gasteiger partial charge in [0.15, 0.2) is 5.72 Å². The number of aromatic nitrogens is 2. The van der Waals surface area contributed by atoms with Crippen LogP contribution in [0.4, 0.5) is 0 Å². The van der Waals surface area contributed by atoms with E-state index in [1.165, 1.54) is 24.0 Å². The molecule has 0 saturated carbocycles. The maximum Gasteiger partial charge on any atom is 0.194 e. The summed E-state index contributed by atoms with van der Waals surface area (Å²) in [6.45, 7) is 1.84. The van der Waals surface area contributed by atoms with Crippen LogP contribution in [-0.2, 0) is 10.5 Å². The van der Waals surface area contributed by atoms with E-state index in [4.69, 9.17) is 14.7 Å². The fourth-order valence-corrected chi connectivity index (χ4v) is 4.70. The molecule has 4 nitrogen and oxygen atoms in total. The Morgan fingerprint density at radius 2 is 1.79 bits per heavy atom. The highest BCUT2D eigenvalue weighted by molar-refractivity contribution is 5.83. The van der Waals surface area contributed by atoms with Crippen LogP contribution in [0.2, 0.25) is 0 Å². The number of hydrogen-bond donors (Lipinski definition) is 0. The lowest BCUT2D eigenvalue weighted by Crippen LogP contribution is -2.43. The molecule has 0 radical (unpaired) electrons. The zero-order chi connectivity index (χ0) is 15.7. The van der Waals surface area contributed by atoms with Crippen LogP contribution in [0.1, 0.15) is 24.1 Å². The van der Waals surface area contributed by atoms with Crippen molar-refractivity contribution in [2.45, 2.75) is 24.6 Å². The Morgan fingerprint density at radius 1 is 1.00 bits per heavy atom. The molecule has 6 rings (SSSR count). The van der Waals surface area contributed by atoms with Crippen molar-refractivity contribution in [2.75, 3.05) is 13.2 Å². The predicted molar refractivity (Wildman–Crippen MR) is 91.4 cm³/mol. The topological polar surface area (TPSA) is 38.3 Å². The molecule has 1 aromatic heterocycles. The molecule has 2 saturated heterocycles. The summed E-state index contributed by atoms with van der Waals surface area (Å²) in [5.41, 5.74) is 5.68. The molecular weight excluding hydrogens is 298 g/mol. The predicted octanol–water partition coefficient (Wildman–Crippen LogP) is 3.31. The molecule has 118 valence electrons. The van der Waals surface area contributed by atoms with Gasteiger partial charge < -0.3 is 4.74 Å². The van der Waals surface area contributed by atoms with Gasteiger partial charge in [-0.2, -0.15) is 0 Å². The van der Waals surface area contributed by atoms with Crippen molar-refractivity contribution < 1.29 is 4.74 Å². The first-order chi connectivity index (χ1) is 11.9. The lowest BCUT2D eigenvalue weighted by molar-refractivity contribution is -0.0497. The van der Waals surface area contributed by atoms with E-state index in [-0.39, 0.29) is 0 Å². The molecule has 0 N–H and O–H groups in total. The lowest BCUT2D eigenvalue weighted by Gasteiger charge is -2.33. The first-order valence-electron chi connectivity index (χ1n) is 8.66. The van der Waals surface area contributed by atoms with Gasteiger partial charge >= 0.3 is 0 Å². The molecular formula is C20H17N3O. The first kappa shape index (κ1) is 13.0. The van der Waals surface area contributed by atoms with Gasteiger partial charge in [0.05, 0.1) is 23.3 Å². The SMILES string of the molecule is c1ccc2c(c1)-c1nc3ccccc3nc1C21OCC2CCCN21. The first-order valence-corrected chi connectivity index (χ1v) is 8.66. The Labute approximate surface area is 140 Å². The number of hydrogen-bond acceptors (Lipinski definition) is 4. The minimum atomic E-state index is -0.538. The maximum absolute atomic E-state index is 6.49. The van der Waals surface area contributed by atoms with Crippen molar-refractivity contribution in [3.63, 3.8) is 0 Å². The smallest absolute Gasteiger partial charge is 0.194 e. The summed E-state index contributed by atoms with van der Waals surface area (Å²) in [4.78, 5) is 12.5. The zero-order valence-corrected chi connectivity index (χ0v) is 13.3. The van der Waals surface area contributed by atoms with Crippen LogP contribution < -0.4 is 0 Å². The molecule has 3 aromatic rings. The van der Waals surface area contributed by atoms with Crippen LogP contribution in [0, 0.1) is 0 Å². The van der Waals surface area contributed by atoms with Crippen LogP contribution in [0.15, 0.2) is 48.5 Å². The van der Waals surface area contributed by atoms with Crippen LogP contribution in [-0.4, -0.2) is 34.1 Å². The van der Waals surface area contributed by atoms with Gasteiger partial charge in [0, 0.05) is 23.7 Å². The quantitative estimate of drug-likeness (QED) is 0.638. The number of para-hydroxylation sites is 2. The molecule has 2 unspecified atom stereocenters. The third-order valence-corrected chi connectivity index (χ3v) is 5.70. The monoisotopic (exact) mass is 315 g/mol. The molecule has 0 bridgehead atoms. The molecule has 2 fully saturated rings. The van der Waals surface area contributed by atoms with Gasteiger partial charge in [0.1, 0.15) is 5.69 Å². The normalized spacial score (nSPS) is 27.6. The van der Waals surface area contributed by atoms with Gasteiger partial charge in [0.25, 0.3) is 0 Å². The van der Waals surface area contributed by atoms with E-state index in [0.29, 0.717) is 6.04 Å². The van der Waals surface area contributed by atoms with E-state index in [0.717, 1.165) is 35.6 Å². The van der Waals surface area contributed by atoms with E-state index in [1.807, 2.05) is 24.3 Å². The summed E-state index contributed by atoms with van der Waals surface area (Å²) in [6, 6.07) is 17.1. The summed E-state index contributed by atoms with van der Waals surface area (Å²) in [6.07, 6.45) is 2.44. The largest absolute Gasteiger partial charge is 0.348 e. The number of ether oxygens (including phenoxy) is 1. The second kappa shape index (κ2) is 4.41. The third-order valence-electron chi connectivity index (χ3n) is 5.70. The molecule has 4 heteroatoms. The van der Waals surface area contributed by atoms with Crippen molar-refractivity contribution in [1.82, 2.24) is 14.9 Å². The molecule has 24 heavy (non-hydrogen) atoms. The third kappa shape index (κ3) is 1.42. The molecule has 2 aromatic carbocycles. The standard InChI is InChI=1S/C20H17N3O/c1-2-8-15-14(7-1)18-19(22-17-10-4-3-9-16(17)21-18)20(15)23-11-5-6-13(23)12-24-20/h1-4,7-10,13H,5-6,11-12H2. The van der Waals surface area contributed by atoms with E-state index < -0.39 is 5.72 Å². The van der Waals surface area contributed by atoms with Crippen molar-refractivity contribution in [2.24, 2.45) is 0 Å². The average Bonchev–Trinajstić information content (AvgIpc) is 3.30. The Kier molecular flexibility index (Phi) is 2.39. The van der Waals surface area contributed by atoms with E-state index >= 15 is 0 Å². The molecule has 2 aliphatic heterocycles. The second-order valence-electron chi connectivity index (χ2n) is 6.90. The zero-order valence-electron chi connectivity index (χ0n) is 13.3. The Balaban J connectivity index is 1.72. The molecule has 3 aliphatic rings. The Bertz CT molecular complexity index is 986. The van der Waals surface area contributed by atoms with Gasteiger partial charge in [-0.05, 0) is 25.0 Å². The summed E-state index contributed by atoms with van der Waals surface area (Å²) in [5.74, 6) is 0. The number of rotatable bonds is 0. The lowest BCUT2D eigenvalue weighted by atomic mass is 10.0. The minimum absolute atomic E-state index is 0.497. The van der Waals surface area contributed by atoms with Gasteiger partial charge in [-0.25, -0.2) is 9.97 Å². The Morgan fingerprint density at radius 3 is 2.71 bits per heavy atom. The fraction of sp³-hybridized carbons (Fsp3) is 0.300. The molecule has 0 amide bonds. The van der Waals surface area contributed by atoms with Crippen LogP contribution in [0.25, 0.3) is 22.3 Å². The Hall–Kier alpha value is -2.30. The maximum atomic E-state index is 6.49. The fourth-order valence-electron chi connectivity index (χ4n) is 4.70. The van der Waals surface area contributed by atoms with Crippen LogP contribution in [0.3, 0.4) is 0 Å². The second-order valence-corrected chi connectivity index (χ2v) is 6.90. The molecule has 1 aliphatic carbocycles. The van der Waals surface area contributed by atoms with Gasteiger partial charge in [-0.15, -0.1) is 0 Å². The minimum Gasteiger partial charge on any atom is -0.348 e. The highest BCUT2D eigenvalue weighted by Gasteiger charge is 2.58. The van der Waals surface area contributed by atoms with Crippen LogP contribution >= 0.6 is 0 Å². The number of benzene rings is 2. The summed E-state index contributed by atoms with van der Waals surface area (Å²) < 4.78 is 6.49. The van der Waals surface area contributed by atoms with Gasteiger partial charge in [0.2, 0.25) is 0 Å². The van der Waals surface area contributed by atoms with Crippen molar-refractivity contribution in [3.05, 3.63) is 59.8 Å². The van der Waals surface area contributed by atoms with Crippen molar-refractivity contribution in [1.29, 1.82) is 0 Å². The van der Waals surface area contributed by atoms with E-state index in [2.05, 4.69) is 29.2 Å². The molecule has 2 atom stereocenters. The molecule has 3 heterocycles. The van der Waals surface area contributed by atoms with Crippen molar-refractivity contribution in [3.8, 4) is 11.3 Å². The van der Waals surface area contributed by atoms with E-state index in [1.54, 1.807) is 0 Å². The summed E-state index contributed by atoms with van der Waals surface area (Å²) in [5, 5.41) is 0. The van der Waals surface area contributed by atoms with Crippen molar-refractivity contribution >= 4 is 11.0 Å². The average molecular weight is 315 g/mol. The summed E-state index contributed by atoms with van der Waals surface area (Å²) in [7, 11) is 0. The molecule has 1 spiro atoms. The van der Waals surface area contributed by atoms with Crippen LogP contribution in [0.5, 0.6) is 0 Å². The van der Waals surface area contributed by atoms with Gasteiger partial charge in [-0.1, -0.05) is 36.4 Å². The highest BCUT2D eigenvalue weighted by atomic mass is 16.5. The number of fused-ring (bicyclic) bond motifs is 8. The summed E-state index contributed by atoms with van der Waals surface area (Å²) >= 11 is 0. The van der Waals surface area contributed by atoms with E-state index in [9.17, 15) is 0 Å².